The Hall–Kier alpha value is -1.35. The third-order valence-electron chi connectivity index (χ3n) is 1.36. The lowest BCUT2D eigenvalue weighted by molar-refractivity contribution is -0.139. The lowest BCUT2D eigenvalue weighted by Crippen LogP contribution is -2.19. The predicted octanol–water partition coefficient (Wildman–Crippen LogP) is 2.07. The molecule has 0 aromatic rings. The molecule has 0 aromatic carbocycles. The highest BCUT2D eigenvalue weighted by Crippen LogP contribution is 1.92. The molecule has 0 heterocycles. The monoisotopic (exact) mass is 211 g/mol. The van der Waals surface area contributed by atoms with Gasteiger partial charge in [-0.2, -0.15) is 0 Å². The number of esters is 1. The van der Waals surface area contributed by atoms with E-state index in [9.17, 15) is 4.79 Å². The first-order valence-corrected chi connectivity index (χ1v) is 4.75. The van der Waals surface area contributed by atoms with Crippen molar-refractivity contribution >= 4 is 5.97 Å². The van der Waals surface area contributed by atoms with Crippen molar-refractivity contribution in [2.45, 2.75) is 13.8 Å². The first kappa shape index (κ1) is 16.1. The summed E-state index contributed by atoms with van der Waals surface area (Å²) in [5.74, 6) is -0.234. The van der Waals surface area contributed by atoms with Crippen molar-refractivity contribution in [3.05, 3.63) is 36.5 Å². The predicted molar refractivity (Wildman–Crippen MR) is 64.7 cm³/mol. The molecular formula is C12H21NO2. The summed E-state index contributed by atoms with van der Waals surface area (Å²) in [5, 5.41) is 2.64. The largest absolute Gasteiger partial charge is 0.468 e. The highest BCUT2D eigenvalue weighted by Gasteiger charge is 1.91. The second kappa shape index (κ2) is 12.7. The Kier molecular flexibility index (Phi) is 13.6. The number of hydrogen-bond acceptors (Lipinski definition) is 3. The molecule has 0 bridgehead atoms. The van der Waals surface area contributed by atoms with E-state index in [1.807, 2.05) is 32.1 Å². The van der Waals surface area contributed by atoms with E-state index in [-0.39, 0.29) is 12.5 Å². The van der Waals surface area contributed by atoms with Crippen LogP contribution < -0.4 is 5.32 Å². The molecule has 0 saturated carbocycles. The Labute approximate surface area is 92.5 Å². The van der Waals surface area contributed by atoms with E-state index in [1.54, 1.807) is 13.1 Å². The smallest absolute Gasteiger partial charge is 0.319 e. The molecule has 0 atom stereocenters. The van der Waals surface area contributed by atoms with Crippen LogP contribution >= 0.6 is 0 Å². The molecule has 3 heteroatoms. The molecule has 86 valence electrons. The standard InChI is InChI=1S/C8H12.C4H9NO2/c1-4-6-8(3)7-5-2;1-5-3-4(6)7-2/h4-7H,1H2,2-3H3;5H,3H2,1-2H3/b7-5-,8-6-;. The van der Waals surface area contributed by atoms with Crippen LogP contribution in [0.15, 0.2) is 36.5 Å². The topological polar surface area (TPSA) is 38.3 Å². The summed E-state index contributed by atoms with van der Waals surface area (Å²) >= 11 is 0. The van der Waals surface area contributed by atoms with E-state index in [0.29, 0.717) is 0 Å². The summed E-state index contributed by atoms with van der Waals surface area (Å²) in [6.07, 6.45) is 7.81. The number of likely N-dealkylation sites (N-methyl/N-ethyl adjacent to an activating group) is 1. The van der Waals surface area contributed by atoms with Crippen molar-refractivity contribution in [3.8, 4) is 0 Å². The molecule has 1 N–H and O–H groups in total. The maximum absolute atomic E-state index is 10.1. The molecule has 0 radical (unpaired) electrons. The summed E-state index contributed by atoms with van der Waals surface area (Å²) in [5.41, 5.74) is 1.24. The van der Waals surface area contributed by atoms with Gasteiger partial charge < -0.3 is 10.1 Å². The molecule has 15 heavy (non-hydrogen) atoms. The quantitative estimate of drug-likeness (QED) is 0.571. The second-order valence-corrected chi connectivity index (χ2v) is 2.75. The molecule has 0 aliphatic heterocycles. The van der Waals surface area contributed by atoms with E-state index in [4.69, 9.17) is 0 Å². The number of rotatable bonds is 4. The Balaban J connectivity index is 0. The first-order valence-electron chi connectivity index (χ1n) is 4.75. The molecule has 3 nitrogen and oxygen atoms in total. The van der Waals surface area contributed by atoms with Crippen LogP contribution in [-0.4, -0.2) is 26.7 Å². The van der Waals surface area contributed by atoms with Gasteiger partial charge in [0.05, 0.1) is 13.7 Å². The molecule has 0 aliphatic carbocycles. The minimum absolute atomic E-state index is 0.234. The molecule has 0 unspecified atom stereocenters. The highest BCUT2D eigenvalue weighted by atomic mass is 16.5. The normalized spacial score (nSPS) is 10.5. The van der Waals surface area contributed by atoms with Gasteiger partial charge in [-0.1, -0.05) is 36.5 Å². The average Bonchev–Trinajstić information content (AvgIpc) is 2.20. The van der Waals surface area contributed by atoms with Crippen molar-refractivity contribution in [2.24, 2.45) is 0 Å². The van der Waals surface area contributed by atoms with Gasteiger partial charge in [0, 0.05) is 0 Å². The van der Waals surface area contributed by atoms with Crippen molar-refractivity contribution in [3.63, 3.8) is 0 Å². The maximum atomic E-state index is 10.1. The molecule has 0 spiro atoms. The SMILES string of the molecule is C=C/C=C(C)\C=C/C.CNCC(=O)OC. The highest BCUT2D eigenvalue weighted by molar-refractivity contribution is 5.71. The minimum atomic E-state index is -0.234. The lowest BCUT2D eigenvalue weighted by Gasteiger charge is -1.93. The second-order valence-electron chi connectivity index (χ2n) is 2.75. The Morgan fingerprint density at radius 2 is 2.13 bits per heavy atom. The van der Waals surface area contributed by atoms with Crippen LogP contribution in [0.4, 0.5) is 0 Å². The van der Waals surface area contributed by atoms with Gasteiger partial charge in [-0.3, -0.25) is 4.79 Å². The van der Waals surface area contributed by atoms with E-state index < -0.39 is 0 Å². The van der Waals surface area contributed by atoms with E-state index in [2.05, 4.69) is 16.6 Å². The maximum Gasteiger partial charge on any atom is 0.319 e. The van der Waals surface area contributed by atoms with Crippen LogP contribution in [0.1, 0.15) is 13.8 Å². The van der Waals surface area contributed by atoms with E-state index in [1.165, 1.54) is 12.7 Å². The molecular weight excluding hydrogens is 190 g/mol. The Bertz CT molecular complexity index is 230. The van der Waals surface area contributed by atoms with Crippen molar-refractivity contribution in [2.75, 3.05) is 20.7 Å². The number of ether oxygens (including phenoxy) is 1. The van der Waals surface area contributed by atoms with Crippen LogP contribution in [0.2, 0.25) is 0 Å². The van der Waals surface area contributed by atoms with Crippen LogP contribution in [0.5, 0.6) is 0 Å². The fourth-order valence-electron chi connectivity index (χ4n) is 0.721. The summed E-state index contributed by atoms with van der Waals surface area (Å²) in [4.78, 5) is 10.1. The van der Waals surface area contributed by atoms with Crippen molar-refractivity contribution < 1.29 is 9.53 Å². The zero-order chi connectivity index (χ0) is 12.1. The number of methoxy groups -OCH3 is 1. The average molecular weight is 211 g/mol. The van der Waals surface area contributed by atoms with Gasteiger partial charge in [-0.05, 0) is 20.9 Å². The van der Waals surface area contributed by atoms with Crippen molar-refractivity contribution in [1.29, 1.82) is 0 Å². The fraction of sp³-hybridized carbons (Fsp3) is 0.417. The molecule has 0 aliphatic rings. The fourth-order valence-corrected chi connectivity index (χ4v) is 0.721. The third kappa shape index (κ3) is 15.4. The zero-order valence-electron chi connectivity index (χ0n) is 10.0. The van der Waals surface area contributed by atoms with E-state index >= 15 is 0 Å². The summed E-state index contributed by atoms with van der Waals surface area (Å²) < 4.78 is 4.29. The van der Waals surface area contributed by atoms with Gasteiger partial charge in [0.1, 0.15) is 0 Å². The summed E-state index contributed by atoms with van der Waals surface area (Å²) in [6.45, 7) is 7.90. The number of carbonyl (C=O) groups is 1. The number of hydrogen-bond donors (Lipinski definition) is 1. The van der Waals surface area contributed by atoms with Crippen LogP contribution in [0, 0.1) is 0 Å². The molecule has 0 amide bonds. The van der Waals surface area contributed by atoms with Gasteiger partial charge in [0.15, 0.2) is 0 Å². The lowest BCUT2D eigenvalue weighted by atomic mass is 10.2. The zero-order valence-corrected chi connectivity index (χ0v) is 10.0. The number of carbonyl (C=O) groups excluding carboxylic acids is 1. The summed E-state index contributed by atoms with van der Waals surface area (Å²) in [6, 6.07) is 0. The van der Waals surface area contributed by atoms with Crippen LogP contribution in [0.25, 0.3) is 0 Å². The van der Waals surface area contributed by atoms with Crippen molar-refractivity contribution in [1.82, 2.24) is 5.32 Å². The number of allylic oxidation sites excluding steroid dienone is 5. The van der Waals surface area contributed by atoms with Gasteiger partial charge in [-0.25, -0.2) is 0 Å². The van der Waals surface area contributed by atoms with Crippen LogP contribution in [0.3, 0.4) is 0 Å². The minimum Gasteiger partial charge on any atom is -0.468 e. The Morgan fingerprint density at radius 3 is 2.40 bits per heavy atom. The molecule has 0 aromatic heterocycles. The van der Waals surface area contributed by atoms with Gasteiger partial charge >= 0.3 is 5.97 Å². The molecule has 0 rings (SSSR count). The van der Waals surface area contributed by atoms with E-state index in [0.717, 1.165) is 0 Å². The summed E-state index contributed by atoms with van der Waals surface area (Å²) in [7, 11) is 3.05. The first-order chi connectivity index (χ1) is 7.12. The van der Waals surface area contributed by atoms with Gasteiger partial charge in [0.25, 0.3) is 0 Å². The number of nitrogens with one attached hydrogen (secondary N) is 1. The van der Waals surface area contributed by atoms with Gasteiger partial charge in [-0.15, -0.1) is 0 Å². The Morgan fingerprint density at radius 1 is 1.53 bits per heavy atom. The van der Waals surface area contributed by atoms with Gasteiger partial charge in [0.2, 0.25) is 0 Å². The molecule has 0 saturated heterocycles. The molecule has 0 fully saturated rings. The van der Waals surface area contributed by atoms with Crippen LogP contribution in [-0.2, 0) is 9.53 Å². The third-order valence-corrected chi connectivity index (χ3v) is 1.36.